The van der Waals surface area contributed by atoms with E-state index in [1.807, 2.05) is 12.3 Å². The highest BCUT2D eigenvalue weighted by molar-refractivity contribution is 6.27. The normalized spacial score (nSPS) is 12.5. The van der Waals surface area contributed by atoms with Crippen LogP contribution in [0.4, 0.5) is 0 Å². The first-order valence-electron chi connectivity index (χ1n) is 13.5. The second-order valence-electron chi connectivity index (χ2n) is 10.6. The smallest absolute Gasteiger partial charge is 0.248 e. The Hall–Kier alpha value is -5.48. The minimum absolute atomic E-state index is 0.549. The molecule has 9 aromatic rings. The molecule has 0 unspecified atom stereocenters. The van der Waals surface area contributed by atoms with Crippen molar-refractivity contribution in [2.45, 2.75) is 0 Å². The van der Waals surface area contributed by atoms with E-state index in [1.54, 1.807) is 0 Å². The number of hydrogen-bond donors (Lipinski definition) is 0. The fraction of sp³-hybridized carbons (Fsp3) is 0. The largest absolute Gasteiger partial charge is 0.436 e. The molecule has 4 nitrogen and oxygen atoms in total. The average Bonchev–Trinajstić information content (AvgIpc) is 3.52. The van der Waals surface area contributed by atoms with Crippen LogP contribution in [0.15, 0.2) is 120 Å². The molecule has 0 saturated carbocycles. The first kappa shape index (κ1) is 20.5. The van der Waals surface area contributed by atoms with Crippen LogP contribution in [0, 0.1) is 0 Å². The average molecular weight is 510 g/mol. The van der Waals surface area contributed by atoms with Crippen molar-refractivity contribution in [1.29, 1.82) is 0 Å². The lowest BCUT2D eigenvalue weighted by Gasteiger charge is -2.12. The van der Waals surface area contributed by atoms with E-state index in [1.165, 1.54) is 43.8 Å². The van der Waals surface area contributed by atoms with Crippen LogP contribution in [0.2, 0.25) is 0 Å². The Morgan fingerprint density at radius 3 is 1.88 bits per heavy atom. The zero-order valence-electron chi connectivity index (χ0n) is 21.2. The summed E-state index contributed by atoms with van der Waals surface area (Å²) in [6.07, 6.45) is 1.89. The first-order valence-corrected chi connectivity index (χ1v) is 13.5. The van der Waals surface area contributed by atoms with Crippen LogP contribution in [0.25, 0.3) is 93.6 Å². The first-order chi connectivity index (χ1) is 19.8. The van der Waals surface area contributed by atoms with Gasteiger partial charge in [-0.15, -0.1) is 0 Å². The van der Waals surface area contributed by atoms with Gasteiger partial charge in [0.25, 0.3) is 0 Å². The molecule has 1 aliphatic rings. The van der Waals surface area contributed by atoms with Crippen LogP contribution >= 0.6 is 0 Å². The molecular weight excluding hydrogens is 490 g/mol. The molecule has 184 valence electrons. The maximum atomic E-state index is 6.30. The van der Waals surface area contributed by atoms with E-state index < -0.39 is 0 Å². The molecule has 0 saturated heterocycles. The van der Waals surface area contributed by atoms with Crippen molar-refractivity contribution in [2.75, 3.05) is 0 Å². The van der Waals surface area contributed by atoms with Gasteiger partial charge in [0.1, 0.15) is 11.1 Å². The Labute approximate surface area is 227 Å². The fourth-order valence-electron chi connectivity index (χ4n) is 6.99. The van der Waals surface area contributed by atoms with Crippen molar-refractivity contribution in [2.24, 2.45) is 0 Å². The lowest BCUT2D eigenvalue weighted by molar-refractivity contribution is 0.652. The summed E-state index contributed by atoms with van der Waals surface area (Å²) in [4.78, 5) is 10.0. The molecule has 0 radical (unpaired) electrons. The van der Waals surface area contributed by atoms with Crippen molar-refractivity contribution in [3.05, 3.63) is 115 Å². The number of rotatable bonds is 1. The summed E-state index contributed by atoms with van der Waals surface area (Å²) in [5.41, 5.74) is 9.38. The number of benzene rings is 6. The van der Waals surface area contributed by atoms with Crippen molar-refractivity contribution < 1.29 is 4.42 Å². The molecule has 0 bridgehead atoms. The molecular formula is C36H19N3O. The highest BCUT2D eigenvalue weighted by atomic mass is 16.3. The summed E-state index contributed by atoms with van der Waals surface area (Å²) in [5.74, 6) is 0.747. The number of nitrogens with zero attached hydrogens (tertiary/aromatic N) is 3. The molecule has 0 N–H and O–H groups in total. The van der Waals surface area contributed by atoms with Gasteiger partial charge < -0.3 is 4.42 Å². The van der Waals surface area contributed by atoms with Gasteiger partial charge in [-0.25, -0.2) is 4.98 Å². The number of fused-ring (bicyclic) bond motifs is 7. The van der Waals surface area contributed by atoms with E-state index in [4.69, 9.17) is 14.4 Å². The second-order valence-corrected chi connectivity index (χ2v) is 10.6. The Balaban J connectivity index is 1.34. The van der Waals surface area contributed by atoms with Gasteiger partial charge in [-0.05, 0) is 62.0 Å². The van der Waals surface area contributed by atoms with E-state index in [0.717, 1.165) is 44.1 Å². The minimum atomic E-state index is 0.549. The van der Waals surface area contributed by atoms with E-state index in [2.05, 4.69) is 108 Å². The lowest BCUT2D eigenvalue weighted by Crippen LogP contribution is -1.98. The molecule has 3 aromatic heterocycles. The Morgan fingerprint density at radius 2 is 1.15 bits per heavy atom. The predicted octanol–water partition coefficient (Wildman–Crippen LogP) is 9.43. The third-order valence-corrected chi connectivity index (χ3v) is 8.59. The summed E-state index contributed by atoms with van der Waals surface area (Å²) >= 11 is 0. The predicted molar refractivity (Wildman–Crippen MR) is 163 cm³/mol. The number of aromatic nitrogens is 3. The summed E-state index contributed by atoms with van der Waals surface area (Å²) in [7, 11) is 0. The van der Waals surface area contributed by atoms with Gasteiger partial charge in [-0.1, -0.05) is 91.0 Å². The summed E-state index contributed by atoms with van der Waals surface area (Å²) in [6.45, 7) is 0. The molecule has 6 aromatic carbocycles. The fourth-order valence-corrected chi connectivity index (χ4v) is 6.99. The molecule has 1 aliphatic carbocycles. The van der Waals surface area contributed by atoms with E-state index in [-0.39, 0.29) is 0 Å². The van der Waals surface area contributed by atoms with Gasteiger partial charge in [-0.2, -0.15) is 4.98 Å². The van der Waals surface area contributed by atoms with Gasteiger partial charge in [0.15, 0.2) is 5.82 Å². The SMILES string of the molecule is c1cc2c3c(cccc3c1)-c1cccc3c1c1c-2cccc1n3-c1cnc2c(n1)oc1ccc3ccccc3c12. The zero-order valence-corrected chi connectivity index (χ0v) is 21.2. The third kappa shape index (κ3) is 2.42. The summed E-state index contributed by atoms with van der Waals surface area (Å²) < 4.78 is 8.54. The van der Waals surface area contributed by atoms with Crippen molar-refractivity contribution in [1.82, 2.24) is 14.5 Å². The molecule has 3 heterocycles. The number of furan rings is 1. The standard InChI is InChI=1S/C36H19N3O/c1-2-10-22-20(7-1)17-18-29-34(22)35-36(40-29)38-30(19-37-35)39-27-15-5-13-25-23-11-3-8-21-9-4-12-24(31(21)23)26-14-6-16-28(39)33(26)32(25)27/h1-19H. The third-order valence-electron chi connectivity index (χ3n) is 8.59. The van der Waals surface area contributed by atoms with Crippen LogP contribution in [-0.2, 0) is 0 Å². The highest BCUT2D eigenvalue weighted by Crippen LogP contribution is 2.49. The van der Waals surface area contributed by atoms with Crippen molar-refractivity contribution in [3.8, 4) is 28.1 Å². The summed E-state index contributed by atoms with van der Waals surface area (Å²) in [6, 6.07) is 38.9. The van der Waals surface area contributed by atoms with Gasteiger partial charge in [0.05, 0.1) is 22.6 Å². The quantitative estimate of drug-likeness (QED) is 0.221. The molecule has 0 atom stereocenters. The van der Waals surface area contributed by atoms with Gasteiger partial charge in [0.2, 0.25) is 5.71 Å². The van der Waals surface area contributed by atoms with Crippen LogP contribution in [0.5, 0.6) is 0 Å². The maximum absolute atomic E-state index is 6.30. The van der Waals surface area contributed by atoms with E-state index in [9.17, 15) is 0 Å². The molecule has 0 aliphatic heterocycles. The minimum Gasteiger partial charge on any atom is -0.436 e. The molecule has 4 heteroatoms. The van der Waals surface area contributed by atoms with E-state index in [0.29, 0.717) is 5.71 Å². The van der Waals surface area contributed by atoms with Crippen molar-refractivity contribution >= 4 is 65.6 Å². The Morgan fingerprint density at radius 1 is 0.525 bits per heavy atom. The highest BCUT2D eigenvalue weighted by Gasteiger charge is 2.25. The second kappa shape index (κ2) is 7.13. The van der Waals surface area contributed by atoms with Gasteiger partial charge in [0, 0.05) is 10.8 Å². The molecule has 0 spiro atoms. The molecule has 40 heavy (non-hydrogen) atoms. The molecule has 10 rings (SSSR count). The van der Waals surface area contributed by atoms with Crippen molar-refractivity contribution in [3.63, 3.8) is 0 Å². The van der Waals surface area contributed by atoms with Crippen LogP contribution in [-0.4, -0.2) is 14.5 Å². The van der Waals surface area contributed by atoms with Crippen LogP contribution < -0.4 is 0 Å². The lowest BCUT2D eigenvalue weighted by atomic mass is 9.93. The monoisotopic (exact) mass is 509 g/mol. The molecule has 0 fully saturated rings. The van der Waals surface area contributed by atoms with Gasteiger partial charge >= 0.3 is 0 Å². The zero-order chi connectivity index (χ0) is 25.9. The van der Waals surface area contributed by atoms with Gasteiger partial charge in [-0.3, -0.25) is 4.57 Å². The van der Waals surface area contributed by atoms with Crippen LogP contribution in [0.1, 0.15) is 0 Å². The summed E-state index contributed by atoms with van der Waals surface area (Å²) in [5, 5.41) is 8.36. The van der Waals surface area contributed by atoms with Crippen LogP contribution in [0.3, 0.4) is 0 Å². The maximum Gasteiger partial charge on any atom is 0.248 e. The molecule has 0 amide bonds. The number of hydrogen-bond acceptors (Lipinski definition) is 3. The Kier molecular flexibility index (Phi) is 3.65. The topological polar surface area (TPSA) is 43.9 Å². The Bertz CT molecular complexity index is 2460. The van der Waals surface area contributed by atoms with E-state index >= 15 is 0 Å².